The topological polar surface area (TPSA) is 111 Å². The summed E-state index contributed by atoms with van der Waals surface area (Å²) in [6.45, 7) is 5.26. The molecule has 66 heavy (non-hydrogen) atoms. The predicted molar refractivity (Wildman–Crippen MR) is 257 cm³/mol. The van der Waals surface area contributed by atoms with E-state index in [0.29, 0.717) is 33.8 Å². The van der Waals surface area contributed by atoms with Crippen molar-refractivity contribution in [3.05, 3.63) is 173 Å². The molecule has 1 saturated heterocycles. The van der Waals surface area contributed by atoms with Gasteiger partial charge in [0.15, 0.2) is 5.60 Å². The van der Waals surface area contributed by atoms with Crippen LogP contribution in [0.3, 0.4) is 0 Å². The van der Waals surface area contributed by atoms with Crippen molar-refractivity contribution in [3.8, 4) is 0 Å². The van der Waals surface area contributed by atoms with Gasteiger partial charge in [0, 0.05) is 52.3 Å². The number of ether oxygens (including phenoxy) is 1. The SMILES string of the molecule is C[C@@H]1[C@@H]([Si](C)(C)F)[C@H](CC(=O)N(CCO)Cc2ccccc2)O[C@@]12C(=O)N(Cc1ccc(N3C(=O)c4cccc5cccc3c45)cc1)c1ccc(N3C(=O)c4cccc5cccc3c45)cc12. The summed E-state index contributed by atoms with van der Waals surface area (Å²) < 4.78 is 24.1. The number of hydrogen-bond acceptors (Lipinski definition) is 6. The zero-order chi connectivity index (χ0) is 45.6. The second-order valence-electron chi connectivity index (χ2n) is 18.4. The van der Waals surface area contributed by atoms with E-state index >= 15 is 8.90 Å². The maximum Gasteiger partial charge on any atom is 0.264 e. The molecule has 4 heterocycles. The number of carbonyl (C=O) groups is 4. The van der Waals surface area contributed by atoms with Gasteiger partial charge in [-0.2, -0.15) is 0 Å². The summed E-state index contributed by atoms with van der Waals surface area (Å²) in [5.74, 6) is -1.71. The summed E-state index contributed by atoms with van der Waals surface area (Å²) in [7, 11) is -3.69. The Kier molecular flexibility index (Phi) is 9.84. The van der Waals surface area contributed by atoms with Crippen LogP contribution in [0.15, 0.2) is 146 Å². The minimum absolute atomic E-state index is 0.0769. The molecule has 10 nitrogen and oxygen atoms in total. The van der Waals surface area contributed by atoms with Gasteiger partial charge in [-0.3, -0.25) is 29.0 Å². The van der Waals surface area contributed by atoms with Crippen molar-refractivity contribution in [2.24, 2.45) is 5.92 Å². The van der Waals surface area contributed by atoms with Crippen LogP contribution in [-0.4, -0.2) is 61.3 Å². The van der Waals surface area contributed by atoms with Gasteiger partial charge in [-0.1, -0.05) is 97.9 Å². The second kappa shape index (κ2) is 15.6. The van der Waals surface area contributed by atoms with Crippen molar-refractivity contribution in [2.75, 3.05) is 27.9 Å². The van der Waals surface area contributed by atoms with E-state index < -0.39 is 31.6 Å². The van der Waals surface area contributed by atoms with Gasteiger partial charge in [0.2, 0.25) is 14.3 Å². The van der Waals surface area contributed by atoms with E-state index in [-0.39, 0.29) is 56.3 Å². The number of aliphatic hydroxyl groups is 1. The zero-order valence-corrected chi connectivity index (χ0v) is 37.8. The van der Waals surface area contributed by atoms with Gasteiger partial charge in [-0.15, -0.1) is 0 Å². The standard InChI is InChI=1S/C54H47FN4O6Si/c1-33-50(66(2,3)55)46(30-47(61)56(27-28-60)31-34-11-5-4-6-12-34)65-54(33)42-29-39(59-45-20-10-16-37-14-8-18-41(49(37)45)52(59)63)25-26-43(42)57(53(54)64)32-35-21-23-38(24-22-35)58-44-19-9-15-36-13-7-17-40(48(36)44)51(58)62/h4-26,29,33,46,50,60H,27-28,30-32H2,1-3H3/t33-,46+,50-,54+/m1/s1. The van der Waals surface area contributed by atoms with E-state index in [2.05, 4.69) is 0 Å². The third-order valence-electron chi connectivity index (χ3n) is 14.2. The molecule has 0 aromatic heterocycles. The summed E-state index contributed by atoms with van der Waals surface area (Å²) in [5.41, 5.74) is 4.25. The number of anilines is 5. The molecule has 0 radical (unpaired) electrons. The number of hydrogen-bond donors (Lipinski definition) is 1. The first kappa shape index (κ1) is 41.7. The van der Waals surface area contributed by atoms with Crippen LogP contribution in [0, 0.1) is 5.92 Å². The second-order valence-corrected chi connectivity index (χ2v) is 22.2. The van der Waals surface area contributed by atoms with E-state index in [1.165, 1.54) is 0 Å². The molecule has 4 amide bonds. The molecule has 4 aliphatic heterocycles. The normalized spacial score (nSPS) is 20.7. The van der Waals surface area contributed by atoms with Crippen molar-refractivity contribution >= 4 is 82.0 Å². The van der Waals surface area contributed by atoms with Crippen LogP contribution in [0.2, 0.25) is 18.6 Å². The third-order valence-corrected chi connectivity index (χ3v) is 16.6. The van der Waals surface area contributed by atoms with Gasteiger partial charge in [0.05, 0.1) is 53.9 Å². The number of fused-ring (bicyclic) bond motifs is 2. The van der Waals surface area contributed by atoms with Gasteiger partial charge < -0.3 is 23.8 Å². The number of rotatable bonds is 11. The largest absolute Gasteiger partial charge is 0.395 e. The lowest BCUT2D eigenvalue weighted by atomic mass is 9.82. The average molecular weight is 895 g/mol. The Balaban J connectivity index is 0.978. The van der Waals surface area contributed by atoms with Crippen molar-refractivity contribution in [2.45, 2.75) is 56.8 Å². The Morgan fingerprint density at radius 2 is 1.29 bits per heavy atom. The number of carbonyl (C=O) groups excluding carboxylic acids is 4. The van der Waals surface area contributed by atoms with Gasteiger partial charge in [0.1, 0.15) is 0 Å². The Hall–Kier alpha value is -6.99. The maximum absolute atomic E-state index is 17.0. The molecule has 1 spiro atoms. The highest BCUT2D eigenvalue weighted by atomic mass is 28.4. The van der Waals surface area contributed by atoms with Crippen molar-refractivity contribution in [1.29, 1.82) is 0 Å². The van der Waals surface area contributed by atoms with Crippen molar-refractivity contribution in [1.82, 2.24) is 4.90 Å². The number of aliphatic hydroxyl groups excluding tert-OH is 1. The third kappa shape index (κ3) is 6.34. The molecule has 0 aliphatic carbocycles. The molecular formula is C54H47FN4O6Si. The fourth-order valence-corrected chi connectivity index (χ4v) is 13.8. The molecule has 1 N–H and O–H groups in total. The summed E-state index contributed by atoms with van der Waals surface area (Å²) in [6.07, 6.45) is -1.16. The zero-order valence-electron chi connectivity index (χ0n) is 36.8. The Morgan fingerprint density at radius 1 is 0.712 bits per heavy atom. The molecule has 7 aromatic rings. The average Bonchev–Trinajstić information content (AvgIpc) is 3.96. The van der Waals surface area contributed by atoms with Crippen LogP contribution in [0.25, 0.3) is 21.5 Å². The Labute approximate surface area is 382 Å². The minimum Gasteiger partial charge on any atom is -0.395 e. The molecule has 12 heteroatoms. The number of amides is 4. The Morgan fingerprint density at radius 3 is 1.88 bits per heavy atom. The summed E-state index contributed by atoms with van der Waals surface area (Å²) in [5, 5.41) is 13.7. The molecular weight excluding hydrogens is 848 g/mol. The van der Waals surface area contributed by atoms with Gasteiger partial charge in [-0.05, 0) is 89.6 Å². The summed E-state index contributed by atoms with van der Waals surface area (Å²) >= 11 is 0. The molecule has 4 aliphatic rings. The lowest BCUT2D eigenvalue weighted by Crippen LogP contribution is -2.45. The molecule has 0 saturated carbocycles. The highest BCUT2D eigenvalue weighted by Crippen LogP contribution is 2.61. The minimum atomic E-state index is -3.69. The first-order valence-corrected chi connectivity index (χ1v) is 25.4. The van der Waals surface area contributed by atoms with Crippen molar-refractivity contribution < 1.29 is 33.1 Å². The maximum atomic E-state index is 17.0. The van der Waals surface area contributed by atoms with Crippen LogP contribution < -0.4 is 14.7 Å². The summed E-state index contributed by atoms with van der Waals surface area (Å²) in [6, 6.07) is 45.6. The highest BCUT2D eigenvalue weighted by Gasteiger charge is 2.67. The first-order chi connectivity index (χ1) is 31.9. The van der Waals surface area contributed by atoms with Gasteiger partial charge in [-0.25, -0.2) is 0 Å². The fourth-order valence-electron chi connectivity index (χ4n) is 11.3. The van der Waals surface area contributed by atoms with Gasteiger partial charge in [0.25, 0.3) is 17.7 Å². The molecule has 330 valence electrons. The fraction of sp³-hybridized carbons (Fsp3) is 0.222. The van der Waals surface area contributed by atoms with E-state index in [0.717, 1.165) is 44.0 Å². The molecule has 0 bridgehead atoms. The summed E-state index contributed by atoms with van der Waals surface area (Å²) in [4.78, 5) is 64.6. The van der Waals surface area contributed by atoms with E-state index in [1.807, 2.05) is 153 Å². The Bertz CT molecular complexity index is 3150. The lowest BCUT2D eigenvalue weighted by molar-refractivity contribution is -0.150. The van der Waals surface area contributed by atoms with Crippen LogP contribution in [-0.2, 0) is 33.0 Å². The van der Waals surface area contributed by atoms with E-state index in [1.54, 1.807) is 32.7 Å². The molecule has 11 rings (SSSR count). The van der Waals surface area contributed by atoms with Crippen LogP contribution in [0.5, 0.6) is 0 Å². The molecule has 4 atom stereocenters. The van der Waals surface area contributed by atoms with Crippen LogP contribution in [0.4, 0.5) is 32.5 Å². The number of benzene rings is 7. The smallest absolute Gasteiger partial charge is 0.264 e. The first-order valence-electron chi connectivity index (χ1n) is 22.5. The highest BCUT2D eigenvalue weighted by molar-refractivity contribution is 6.72. The van der Waals surface area contributed by atoms with Crippen molar-refractivity contribution in [3.63, 3.8) is 0 Å². The molecule has 7 aromatic carbocycles. The quantitative estimate of drug-likeness (QED) is 0.102. The van der Waals surface area contributed by atoms with Crippen LogP contribution >= 0.6 is 0 Å². The lowest BCUT2D eigenvalue weighted by Gasteiger charge is -2.31. The number of halogens is 1. The van der Waals surface area contributed by atoms with Gasteiger partial charge >= 0.3 is 0 Å². The molecule has 0 unspecified atom stereocenters. The number of nitrogens with zero attached hydrogens (tertiary/aromatic N) is 4. The predicted octanol–water partition coefficient (Wildman–Crippen LogP) is 10.3. The monoisotopic (exact) mass is 894 g/mol. The molecule has 1 fully saturated rings. The van der Waals surface area contributed by atoms with E-state index in [4.69, 9.17) is 4.74 Å². The van der Waals surface area contributed by atoms with E-state index in [9.17, 15) is 19.5 Å². The van der Waals surface area contributed by atoms with Crippen LogP contribution in [0.1, 0.15) is 50.8 Å².